The fraction of sp³-hybridized carbons (Fsp3) is 0.308. The second-order valence-corrected chi connectivity index (χ2v) is 11.8. The lowest BCUT2D eigenvalue weighted by Gasteiger charge is -2.49. The third-order valence-electron chi connectivity index (χ3n) is 6.55. The number of alkyl halides is 1. The first-order valence-corrected chi connectivity index (χ1v) is 15.4. The third-order valence-corrected chi connectivity index (χ3v) is 9.25. The van der Waals surface area contributed by atoms with Gasteiger partial charge in [-0.25, -0.2) is 9.48 Å². The highest BCUT2D eigenvalue weighted by molar-refractivity contribution is 8.01. The van der Waals surface area contributed by atoms with Gasteiger partial charge >= 0.3 is 5.97 Å². The van der Waals surface area contributed by atoms with Crippen LogP contribution in [0.1, 0.15) is 17.4 Å². The highest BCUT2D eigenvalue weighted by Crippen LogP contribution is 2.41. The quantitative estimate of drug-likeness (QED) is 0.139. The monoisotopic (exact) mass is 661 g/mol. The number of hydrogen-bond donors (Lipinski definition) is 3. The average molecular weight is 662 g/mol. The molecule has 1 unspecified atom stereocenters. The summed E-state index contributed by atoms with van der Waals surface area (Å²) in [6, 6.07) is 7.22. The number of amides is 3. The van der Waals surface area contributed by atoms with Gasteiger partial charge in [0.05, 0.1) is 5.88 Å². The van der Waals surface area contributed by atoms with Crippen LogP contribution in [0.5, 0.6) is 5.75 Å². The maximum Gasteiger partial charge on any atom is 0.352 e. The Morgan fingerprint density at radius 1 is 1.27 bits per heavy atom. The summed E-state index contributed by atoms with van der Waals surface area (Å²) in [6.45, 7) is -0.603. The first-order valence-electron chi connectivity index (χ1n) is 12.9. The van der Waals surface area contributed by atoms with Crippen LogP contribution in [0.4, 0.5) is 0 Å². The molecule has 5 rings (SSSR count). The maximum atomic E-state index is 13.5. The molecule has 1 aromatic carbocycles. The summed E-state index contributed by atoms with van der Waals surface area (Å²) in [4.78, 5) is 64.9. The van der Waals surface area contributed by atoms with Gasteiger partial charge in [-0.3, -0.25) is 24.1 Å². The molecule has 2 aliphatic heterocycles. The number of benzene rings is 1. The zero-order valence-corrected chi connectivity index (χ0v) is 25.2. The minimum Gasteiger partial charge on any atom is -0.477 e. The summed E-state index contributed by atoms with van der Waals surface area (Å²) in [7, 11) is 1.66. The van der Waals surface area contributed by atoms with Crippen molar-refractivity contribution >= 4 is 58.8 Å². The van der Waals surface area contributed by atoms with Crippen molar-refractivity contribution in [2.24, 2.45) is 7.05 Å². The van der Waals surface area contributed by atoms with Crippen molar-refractivity contribution in [1.82, 2.24) is 35.7 Å². The van der Waals surface area contributed by atoms with Crippen molar-refractivity contribution in [3.8, 4) is 5.75 Å². The molecule has 230 valence electrons. The number of rotatable bonds is 12. The van der Waals surface area contributed by atoms with E-state index in [4.69, 9.17) is 20.8 Å². The lowest BCUT2D eigenvalue weighted by Crippen LogP contribution is -2.71. The van der Waals surface area contributed by atoms with E-state index in [2.05, 4.69) is 26.2 Å². The third kappa shape index (κ3) is 6.58. The molecule has 0 bridgehead atoms. The molecule has 2 aliphatic rings. The van der Waals surface area contributed by atoms with Crippen LogP contribution in [0.3, 0.4) is 0 Å². The number of carbonyl (C=O) groups excluding carboxylic acids is 3. The Hall–Kier alpha value is -4.35. The number of hydrogen-bond acceptors (Lipinski definition) is 12. The summed E-state index contributed by atoms with van der Waals surface area (Å²) in [6.07, 6.45) is 1.04. The molecule has 3 amide bonds. The molecule has 3 N–H and O–H groups in total. The van der Waals surface area contributed by atoms with Gasteiger partial charge in [-0.2, -0.15) is 0 Å². The minimum atomic E-state index is -1.26. The molecule has 4 heterocycles. The summed E-state index contributed by atoms with van der Waals surface area (Å²) in [5.74, 6) is -2.71. The molecule has 44 heavy (non-hydrogen) atoms. The Kier molecular flexibility index (Phi) is 9.55. The molecule has 18 heteroatoms. The highest BCUT2D eigenvalue weighted by atomic mass is 35.5. The summed E-state index contributed by atoms with van der Waals surface area (Å²) in [5, 5.41) is 26.2. The van der Waals surface area contributed by atoms with Crippen molar-refractivity contribution in [1.29, 1.82) is 0 Å². The van der Waals surface area contributed by atoms with E-state index in [9.17, 15) is 29.1 Å². The SMILES string of the molecule is Cn1nnnc1SCC1=C(C(=O)O)N2C(=O)C(NC(=O)[C@H](NC(=O)COc3coc(CCl)cc3=O)c3ccccc3)[C@H]2SC1. The maximum absolute atomic E-state index is 13.5. The number of carboxylic acids is 1. The van der Waals surface area contributed by atoms with E-state index >= 15 is 0 Å². The van der Waals surface area contributed by atoms with Gasteiger partial charge in [-0.1, -0.05) is 42.1 Å². The Morgan fingerprint density at radius 3 is 2.70 bits per heavy atom. The molecule has 1 saturated heterocycles. The van der Waals surface area contributed by atoms with Gasteiger partial charge in [-0.15, -0.1) is 28.5 Å². The number of aryl methyl sites for hydroxylation is 1. The van der Waals surface area contributed by atoms with Gasteiger partial charge in [0.25, 0.3) is 11.8 Å². The number of ether oxygens (including phenoxy) is 1. The fourth-order valence-electron chi connectivity index (χ4n) is 4.43. The van der Waals surface area contributed by atoms with Crippen molar-refractivity contribution in [2.75, 3.05) is 18.1 Å². The highest BCUT2D eigenvalue weighted by Gasteiger charge is 2.54. The molecule has 3 aromatic rings. The number of nitrogens with one attached hydrogen (secondary N) is 2. The molecule has 15 nitrogen and oxygen atoms in total. The van der Waals surface area contributed by atoms with E-state index in [0.717, 1.165) is 17.2 Å². The molecular weight excluding hydrogens is 638 g/mol. The topological polar surface area (TPSA) is 199 Å². The van der Waals surface area contributed by atoms with Crippen LogP contribution in [0, 0.1) is 0 Å². The molecule has 0 radical (unpaired) electrons. The van der Waals surface area contributed by atoms with E-state index in [1.165, 1.54) is 28.2 Å². The lowest BCUT2D eigenvalue weighted by atomic mass is 10.0. The van der Waals surface area contributed by atoms with Gasteiger partial charge < -0.3 is 24.9 Å². The van der Waals surface area contributed by atoms with Gasteiger partial charge in [-0.05, 0) is 21.6 Å². The number of carboxylic acid groups (broad SMARTS) is 1. The normalized spacial score (nSPS) is 18.2. The second kappa shape index (κ2) is 13.5. The smallest absolute Gasteiger partial charge is 0.352 e. The second-order valence-electron chi connectivity index (χ2n) is 9.44. The molecular formula is C26H24ClN7O8S2. The number of fused-ring (bicyclic) bond motifs is 1. The molecule has 2 aromatic heterocycles. The summed E-state index contributed by atoms with van der Waals surface area (Å²) in [5.41, 5.74) is 0.274. The molecule has 0 spiro atoms. The standard InChI is InChI=1S/C26H24ClN7O8S2/c1-33-26(30-31-32-33)44-12-14-11-43-24-20(23(38)34(24)21(14)25(39)40)29-22(37)19(13-5-3-2-4-6-13)28-18(36)10-42-17-9-41-15(8-27)7-16(17)35/h2-7,9,19-20,24H,8,10-12H2,1H3,(H,28,36)(H,29,37)(H,39,40)/t19-,20?,24-/m1/s1. The Bertz CT molecular complexity index is 1680. The Morgan fingerprint density at radius 2 is 2.05 bits per heavy atom. The van der Waals surface area contributed by atoms with E-state index in [1.54, 1.807) is 37.4 Å². The molecule has 3 atom stereocenters. The number of aliphatic carboxylic acids is 1. The van der Waals surface area contributed by atoms with Crippen molar-refractivity contribution in [2.45, 2.75) is 28.5 Å². The van der Waals surface area contributed by atoms with Gasteiger partial charge in [0.2, 0.25) is 22.2 Å². The number of tetrazole rings is 1. The van der Waals surface area contributed by atoms with Crippen molar-refractivity contribution in [3.05, 3.63) is 75.5 Å². The lowest BCUT2D eigenvalue weighted by molar-refractivity contribution is -0.151. The van der Waals surface area contributed by atoms with Crippen LogP contribution in [0.15, 0.2) is 68.3 Å². The molecule has 1 fully saturated rings. The first kappa shape index (κ1) is 31.1. The van der Waals surface area contributed by atoms with Crippen LogP contribution in [0.2, 0.25) is 0 Å². The Labute approximate surface area is 262 Å². The van der Waals surface area contributed by atoms with Crippen LogP contribution >= 0.6 is 35.1 Å². The Balaban J connectivity index is 1.26. The molecule has 0 saturated carbocycles. The fourth-order valence-corrected chi connectivity index (χ4v) is 6.91. The van der Waals surface area contributed by atoms with E-state index in [0.29, 0.717) is 22.0 Å². The zero-order chi connectivity index (χ0) is 31.4. The van der Waals surface area contributed by atoms with E-state index < -0.39 is 53.2 Å². The molecule has 0 aliphatic carbocycles. The van der Waals surface area contributed by atoms with Crippen LogP contribution in [0.25, 0.3) is 0 Å². The van der Waals surface area contributed by atoms with Gasteiger partial charge in [0.1, 0.15) is 35.2 Å². The van der Waals surface area contributed by atoms with Gasteiger partial charge in [0.15, 0.2) is 6.61 Å². The van der Waals surface area contributed by atoms with E-state index in [1.807, 2.05) is 0 Å². The average Bonchev–Trinajstić information content (AvgIpc) is 3.44. The number of aromatic nitrogens is 4. The van der Waals surface area contributed by atoms with Crippen LogP contribution in [-0.4, -0.2) is 83.4 Å². The van der Waals surface area contributed by atoms with Crippen molar-refractivity contribution in [3.63, 3.8) is 0 Å². The first-order chi connectivity index (χ1) is 21.2. The predicted molar refractivity (Wildman–Crippen MR) is 157 cm³/mol. The largest absolute Gasteiger partial charge is 0.477 e. The minimum absolute atomic E-state index is 0.0135. The van der Waals surface area contributed by atoms with Crippen LogP contribution < -0.4 is 20.8 Å². The van der Waals surface area contributed by atoms with Crippen molar-refractivity contribution < 1.29 is 33.4 Å². The number of carbonyl (C=O) groups is 4. The zero-order valence-electron chi connectivity index (χ0n) is 22.8. The predicted octanol–water partition coefficient (Wildman–Crippen LogP) is 0.669. The summed E-state index contributed by atoms with van der Waals surface area (Å²) >= 11 is 8.20. The number of halogens is 1. The van der Waals surface area contributed by atoms with Gasteiger partial charge in [0, 0.05) is 24.6 Å². The van der Waals surface area contributed by atoms with E-state index in [-0.39, 0.29) is 28.8 Å². The number of nitrogens with zero attached hydrogens (tertiary/aromatic N) is 5. The summed E-state index contributed by atoms with van der Waals surface area (Å²) < 4.78 is 11.9. The number of thioether (sulfide) groups is 2. The number of β-lactam (4-membered cyclic amide) rings is 1. The van der Waals surface area contributed by atoms with Crippen LogP contribution in [-0.2, 0) is 32.1 Å².